The van der Waals surface area contributed by atoms with Crippen molar-refractivity contribution in [2.75, 3.05) is 31.5 Å². The highest BCUT2D eigenvalue weighted by atomic mass is 16.2. The first kappa shape index (κ1) is 27.4. The van der Waals surface area contributed by atoms with Crippen molar-refractivity contribution >= 4 is 29.2 Å². The van der Waals surface area contributed by atoms with Gasteiger partial charge in [0.05, 0.1) is 11.1 Å². The highest BCUT2D eigenvalue weighted by molar-refractivity contribution is 6.36. The molecule has 2 N–H and O–H groups in total. The second-order valence-corrected chi connectivity index (χ2v) is 12.1. The summed E-state index contributed by atoms with van der Waals surface area (Å²) in [6.45, 7) is 7.93. The molecule has 3 aliphatic heterocycles. The van der Waals surface area contributed by atoms with E-state index in [1.807, 2.05) is 55.2 Å². The number of nitrogens with zero attached hydrogens (tertiary/aromatic N) is 2. The SMILES string of the molecule is Cc1[nH]c(C=C2C(=O)Nc3cccc(-c4cccc(-c5ccccc5)c4)c32)c(C)c1C(=O)N1CCC(N2CCCC2)CC1. The van der Waals surface area contributed by atoms with Crippen LogP contribution in [0.2, 0.25) is 0 Å². The van der Waals surface area contributed by atoms with Crippen molar-refractivity contribution in [1.29, 1.82) is 0 Å². The second-order valence-electron chi connectivity index (χ2n) is 12.1. The van der Waals surface area contributed by atoms with Crippen LogP contribution < -0.4 is 5.32 Å². The molecular formula is C37H38N4O2. The molecule has 3 aliphatic rings. The molecule has 2 amide bonds. The number of piperidine rings is 1. The second kappa shape index (κ2) is 11.3. The smallest absolute Gasteiger partial charge is 0.256 e. The van der Waals surface area contributed by atoms with Crippen molar-refractivity contribution in [2.45, 2.75) is 45.6 Å². The number of amides is 2. The van der Waals surface area contributed by atoms with Gasteiger partial charge in [-0.15, -0.1) is 0 Å². The zero-order valence-electron chi connectivity index (χ0n) is 25.0. The van der Waals surface area contributed by atoms with E-state index in [0.717, 1.165) is 82.0 Å². The zero-order chi connectivity index (χ0) is 29.5. The lowest BCUT2D eigenvalue weighted by molar-refractivity contribution is -0.110. The van der Waals surface area contributed by atoms with Crippen molar-refractivity contribution in [3.05, 3.63) is 101 Å². The summed E-state index contributed by atoms with van der Waals surface area (Å²) in [5, 5.41) is 3.07. The van der Waals surface area contributed by atoms with Crippen LogP contribution in [0.4, 0.5) is 5.69 Å². The van der Waals surface area contributed by atoms with Gasteiger partial charge in [0.15, 0.2) is 0 Å². The monoisotopic (exact) mass is 570 g/mol. The molecule has 3 aromatic carbocycles. The number of carbonyl (C=O) groups is 2. The molecule has 4 heterocycles. The third-order valence-corrected chi connectivity index (χ3v) is 9.49. The van der Waals surface area contributed by atoms with E-state index in [1.54, 1.807) is 0 Å². The van der Waals surface area contributed by atoms with Crippen molar-refractivity contribution in [1.82, 2.24) is 14.8 Å². The maximum Gasteiger partial charge on any atom is 0.256 e. The van der Waals surface area contributed by atoms with Gasteiger partial charge >= 0.3 is 0 Å². The van der Waals surface area contributed by atoms with E-state index >= 15 is 0 Å². The Morgan fingerprint density at radius 3 is 2.30 bits per heavy atom. The van der Waals surface area contributed by atoms with Crippen LogP contribution in [-0.2, 0) is 4.79 Å². The van der Waals surface area contributed by atoms with Gasteiger partial charge in [0, 0.05) is 41.8 Å². The van der Waals surface area contributed by atoms with Crippen molar-refractivity contribution in [2.24, 2.45) is 0 Å². The number of anilines is 1. The Morgan fingerprint density at radius 1 is 0.837 bits per heavy atom. The summed E-state index contributed by atoms with van der Waals surface area (Å²) < 4.78 is 0. The molecule has 0 saturated carbocycles. The molecule has 2 saturated heterocycles. The normalized spacial score (nSPS) is 18.3. The van der Waals surface area contributed by atoms with Crippen LogP contribution >= 0.6 is 0 Å². The average Bonchev–Trinajstić information content (AvgIpc) is 3.76. The van der Waals surface area contributed by atoms with Crippen LogP contribution in [0, 0.1) is 13.8 Å². The third kappa shape index (κ3) is 5.10. The van der Waals surface area contributed by atoms with Crippen LogP contribution in [-0.4, -0.2) is 58.8 Å². The highest BCUT2D eigenvalue weighted by Crippen LogP contribution is 2.41. The number of hydrogen-bond donors (Lipinski definition) is 2. The molecule has 218 valence electrons. The fourth-order valence-electron chi connectivity index (χ4n) is 7.21. The minimum atomic E-state index is -0.134. The third-order valence-electron chi connectivity index (χ3n) is 9.49. The van der Waals surface area contributed by atoms with E-state index in [2.05, 4.69) is 57.7 Å². The first-order valence-corrected chi connectivity index (χ1v) is 15.5. The van der Waals surface area contributed by atoms with E-state index < -0.39 is 0 Å². The van der Waals surface area contributed by atoms with E-state index in [4.69, 9.17) is 0 Å². The Kier molecular flexibility index (Phi) is 7.23. The first-order chi connectivity index (χ1) is 21.0. The van der Waals surface area contributed by atoms with Gasteiger partial charge in [-0.1, -0.05) is 60.7 Å². The molecule has 1 aromatic heterocycles. The van der Waals surface area contributed by atoms with Crippen molar-refractivity contribution in [3.63, 3.8) is 0 Å². The molecule has 6 heteroatoms. The molecular weight excluding hydrogens is 532 g/mol. The quantitative estimate of drug-likeness (QED) is 0.250. The maximum absolute atomic E-state index is 13.8. The lowest BCUT2D eigenvalue weighted by Crippen LogP contribution is -2.46. The van der Waals surface area contributed by atoms with Gasteiger partial charge in [-0.2, -0.15) is 0 Å². The van der Waals surface area contributed by atoms with Gasteiger partial charge in [-0.05, 0) is 98.6 Å². The number of benzene rings is 3. The number of nitrogens with one attached hydrogen (secondary N) is 2. The van der Waals surface area contributed by atoms with E-state index in [1.165, 1.54) is 25.9 Å². The number of carbonyl (C=O) groups excluding carboxylic acids is 2. The molecule has 0 spiro atoms. The molecule has 0 unspecified atom stereocenters. The van der Waals surface area contributed by atoms with Gasteiger partial charge in [0.1, 0.15) is 0 Å². The molecule has 0 aliphatic carbocycles. The summed E-state index contributed by atoms with van der Waals surface area (Å²) in [7, 11) is 0. The number of H-pyrrole nitrogens is 1. The Bertz CT molecular complexity index is 1720. The van der Waals surface area contributed by atoms with Gasteiger partial charge in [-0.25, -0.2) is 0 Å². The summed E-state index contributed by atoms with van der Waals surface area (Å²) >= 11 is 0. The van der Waals surface area contributed by atoms with E-state index in [-0.39, 0.29) is 11.8 Å². The number of hydrogen-bond acceptors (Lipinski definition) is 3. The van der Waals surface area contributed by atoms with Gasteiger partial charge in [-0.3, -0.25) is 9.59 Å². The number of likely N-dealkylation sites (tertiary alicyclic amines) is 2. The molecule has 0 atom stereocenters. The molecule has 2 fully saturated rings. The summed E-state index contributed by atoms with van der Waals surface area (Å²) in [4.78, 5) is 35.2. The summed E-state index contributed by atoms with van der Waals surface area (Å²) in [5.41, 5.74) is 9.89. The Labute approximate surface area is 253 Å². The predicted molar refractivity (Wildman–Crippen MR) is 174 cm³/mol. The minimum Gasteiger partial charge on any atom is -0.358 e. The average molecular weight is 571 g/mol. The van der Waals surface area contributed by atoms with Gasteiger partial charge < -0.3 is 20.1 Å². The van der Waals surface area contributed by atoms with Gasteiger partial charge in [0.25, 0.3) is 11.8 Å². The standard InChI is InChI=1S/C37H38N4O2/c1-24-33(38-25(2)34(24)37(43)41-20-16-29(17-21-41)40-18-6-7-19-40)23-31-35-30(14-9-15-32(35)39-36(31)42)28-13-8-12-27(22-28)26-10-4-3-5-11-26/h3-5,8-15,22-23,29,38H,6-7,16-21H2,1-2H3,(H,39,42). The number of aromatic nitrogens is 1. The number of aryl methyl sites for hydroxylation is 1. The Hall–Kier alpha value is -4.42. The fraction of sp³-hybridized carbons (Fsp3) is 0.297. The minimum absolute atomic E-state index is 0.0884. The maximum atomic E-state index is 13.8. The zero-order valence-corrected chi connectivity index (χ0v) is 25.0. The number of rotatable bonds is 5. The fourth-order valence-corrected chi connectivity index (χ4v) is 7.21. The van der Waals surface area contributed by atoms with Crippen LogP contribution in [0.3, 0.4) is 0 Å². The summed E-state index contributed by atoms with van der Waals surface area (Å²) in [6, 6.07) is 25.4. The Balaban J connectivity index is 1.19. The predicted octanol–water partition coefficient (Wildman–Crippen LogP) is 7.16. The number of fused-ring (bicyclic) bond motifs is 1. The highest BCUT2D eigenvalue weighted by Gasteiger charge is 2.32. The first-order valence-electron chi connectivity index (χ1n) is 15.5. The van der Waals surface area contributed by atoms with Crippen LogP contribution in [0.25, 0.3) is 33.9 Å². The van der Waals surface area contributed by atoms with Crippen LogP contribution in [0.5, 0.6) is 0 Å². The van der Waals surface area contributed by atoms with Crippen molar-refractivity contribution in [3.8, 4) is 22.3 Å². The Morgan fingerprint density at radius 2 is 1.53 bits per heavy atom. The summed E-state index contributed by atoms with van der Waals surface area (Å²) in [6.07, 6.45) is 6.59. The van der Waals surface area contributed by atoms with Crippen molar-refractivity contribution < 1.29 is 9.59 Å². The molecule has 0 radical (unpaired) electrons. The molecule has 4 aromatic rings. The molecule has 7 rings (SSSR count). The molecule has 0 bridgehead atoms. The topological polar surface area (TPSA) is 68.4 Å². The van der Waals surface area contributed by atoms with E-state index in [0.29, 0.717) is 11.6 Å². The summed E-state index contributed by atoms with van der Waals surface area (Å²) in [5.74, 6) is -0.0457. The lowest BCUT2D eigenvalue weighted by Gasteiger charge is -2.36. The lowest BCUT2D eigenvalue weighted by atomic mass is 9.92. The largest absolute Gasteiger partial charge is 0.358 e. The van der Waals surface area contributed by atoms with Gasteiger partial charge in [0.2, 0.25) is 0 Å². The molecule has 43 heavy (non-hydrogen) atoms. The van der Waals surface area contributed by atoms with Crippen LogP contribution in [0.15, 0.2) is 72.8 Å². The van der Waals surface area contributed by atoms with E-state index in [9.17, 15) is 9.59 Å². The van der Waals surface area contributed by atoms with Crippen LogP contribution in [0.1, 0.15) is 58.6 Å². The molecule has 6 nitrogen and oxygen atoms in total. The number of aromatic amines is 1.